The number of thiazole rings is 1. The van der Waals surface area contributed by atoms with Crippen LogP contribution in [0.4, 0.5) is 9.52 Å². The van der Waals surface area contributed by atoms with Gasteiger partial charge in [0.05, 0.1) is 24.6 Å². The number of carbonyl (C=O) groups is 2. The average Bonchev–Trinajstić information content (AvgIpc) is 3.47. The number of furan rings is 1. The summed E-state index contributed by atoms with van der Waals surface area (Å²) in [6, 6.07) is 11.0. The minimum atomic E-state index is -0.544. The van der Waals surface area contributed by atoms with E-state index in [0.717, 1.165) is 0 Å². The average molecular weight is 452 g/mol. The van der Waals surface area contributed by atoms with Gasteiger partial charge in [-0.25, -0.2) is 9.37 Å². The summed E-state index contributed by atoms with van der Waals surface area (Å²) < 4.78 is 24.8. The number of amides is 2. The fourth-order valence-electron chi connectivity index (χ4n) is 2.71. The topological polar surface area (TPSA) is 106 Å². The van der Waals surface area contributed by atoms with Crippen LogP contribution in [-0.4, -0.2) is 21.8 Å². The van der Waals surface area contributed by atoms with Crippen molar-refractivity contribution in [2.24, 2.45) is 0 Å². The monoisotopic (exact) mass is 452 g/mol. The molecule has 4 aromatic rings. The predicted octanol–water partition coefficient (Wildman–Crippen LogP) is 4.17. The van der Waals surface area contributed by atoms with Crippen molar-refractivity contribution in [2.75, 3.05) is 5.32 Å². The molecule has 1 aromatic carbocycles. The highest BCUT2D eigenvalue weighted by Crippen LogP contribution is 2.24. The second-order valence-corrected chi connectivity index (χ2v) is 7.44. The third kappa shape index (κ3) is 5.55. The van der Waals surface area contributed by atoms with Crippen LogP contribution in [0, 0.1) is 5.82 Å². The fraction of sp³-hybridized carbons (Fsp3) is 0.0909. The molecule has 0 bridgehead atoms. The van der Waals surface area contributed by atoms with Gasteiger partial charge in [-0.3, -0.25) is 19.9 Å². The van der Waals surface area contributed by atoms with Crippen LogP contribution in [-0.2, 0) is 17.8 Å². The highest BCUT2D eigenvalue weighted by molar-refractivity contribution is 7.14. The van der Waals surface area contributed by atoms with E-state index >= 15 is 0 Å². The number of benzene rings is 1. The molecule has 0 aliphatic heterocycles. The van der Waals surface area contributed by atoms with Gasteiger partial charge in [-0.15, -0.1) is 11.3 Å². The number of pyridine rings is 1. The molecule has 4 rings (SSSR count). The van der Waals surface area contributed by atoms with Crippen molar-refractivity contribution < 1.29 is 23.1 Å². The summed E-state index contributed by atoms with van der Waals surface area (Å²) in [6.45, 7) is 0.148. The lowest BCUT2D eigenvalue weighted by molar-refractivity contribution is -0.120. The number of ether oxygens (including phenoxy) is 1. The molecule has 0 radical (unpaired) electrons. The number of halogens is 1. The zero-order valence-electron chi connectivity index (χ0n) is 16.6. The molecule has 0 saturated carbocycles. The third-order valence-electron chi connectivity index (χ3n) is 4.21. The maximum absolute atomic E-state index is 14.3. The van der Waals surface area contributed by atoms with Crippen LogP contribution in [0.2, 0.25) is 0 Å². The van der Waals surface area contributed by atoms with Crippen LogP contribution in [0.15, 0.2) is 70.9 Å². The van der Waals surface area contributed by atoms with E-state index in [-0.39, 0.29) is 30.4 Å². The van der Waals surface area contributed by atoms with Crippen molar-refractivity contribution in [1.82, 2.24) is 15.3 Å². The second-order valence-electron chi connectivity index (χ2n) is 6.58. The molecule has 8 nitrogen and oxygen atoms in total. The summed E-state index contributed by atoms with van der Waals surface area (Å²) >= 11 is 1.20. The van der Waals surface area contributed by atoms with Gasteiger partial charge in [0.1, 0.15) is 5.75 Å². The zero-order chi connectivity index (χ0) is 22.3. The van der Waals surface area contributed by atoms with E-state index in [2.05, 4.69) is 20.6 Å². The number of carbonyl (C=O) groups excluding carboxylic acids is 2. The standard InChI is InChI=1S/C22H17FN4O4S/c23-17-9-14(5-6-18(17)31-16-3-1-7-24-12-16)11-25-20(28)10-15-13-32-22(26-15)27-21(29)19-4-2-8-30-19/h1-9,12-13H,10-11H2,(H,25,28)(H,26,27,29). The van der Waals surface area contributed by atoms with Gasteiger partial charge >= 0.3 is 0 Å². The fourth-order valence-corrected chi connectivity index (χ4v) is 3.42. The number of nitrogens with zero attached hydrogens (tertiary/aromatic N) is 2. The normalized spacial score (nSPS) is 10.5. The second kappa shape index (κ2) is 9.84. The highest BCUT2D eigenvalue weighted by Gasteiger charge is 2.13. The summed E-state index contributed by atoms with van der Waals surface area (Å²) in [5.74, 6) is -0.579. The van der Waals surface area contributed by atoms with Gasteiger partial charge in [0, 0.05) is 18.1 Å². The van der Waals surface area contributed by atoms with Crippen LogP contribution < -0.4 is 15.4 Å². The van der Waals surface area contributed by atoms with Gasteiger partial charge in [-0.2, -0.15) is 0 Å². The molecule has 2 amide bonds. The van der Waals surface area contributed by atoms with Crippen LogP contribution >= 0.6 is 11.3 Å². The highest BCUT2D eigenvalue weighted by atomic mass is 32.1. The number of anilines is 1. The van der Waals surface area contributed by atoms with Crippen molar-refractivity contribution in [3.8, 4) is 11.5 Å². The minimum absolute atomic E-state index is 0.0256. The van der Waals surface area contributed by atoms with Gasteiger partial charge in [0.2, 0.25) is 5.91 Å². The van der Waals surface area contributed by atoms with Gasteiger partial charge in [-0.1, -0.05) is 6.07 Å². The molecule has 0 aliphatic rings. The Labute approximate surface area is 186 Å². The zero-order valence-corrected chi connectivity index (χ0v) is 17.4. The van der Waals surface area contributed by atoms with E-state index in [1.54, 1.807) is 35.8 Å². The minimum Gasteiger partial charge on any atom is -0.459 e. The Morgan fingerprint density at radius 3 is 2.84 bits per heavy atom. The van der Waals surface area contributed by atoms with E-state index in [0.29, 0.717) is 22.1 Å². The molecule has 0 saturated heterocycles. The molecule has 3 aromatic heterocycles. The molecule has 0 fully saturated rings. The van der Waals surface area contributed by atoms with Crippen molar-refractivity contribution >= 4 is 28.3 Å². The molecule has 32 heavy (non-hydrogen) atoms. The molecule has 10 heteroatoms. The Bertz CT molecular complexity index is 1210. The number of rotatable bonds is 8. The SMILES string of the molecule is O=C(Cc1csc(NC(=O)c2ccco2)n1)NCc1ccc(Oc2cccnc2)c(F)c1. The summed E-state index contributed by atoms with van der Waals surface area (Å²) in [6.07, 6.45) is 4.51. The first-order chi connectivity index (χ1) is 15.6. The summed E-state index contributed by atoms with van der Waals surface area (Å²) in [5.41, 5.74) is 1.09. The first-order valence-corrected chi connectivity index (χ1v) is 10.4. The van der Waals surface area contributed by atoms with Crippen molar-refractivity contribution in [1.29, 1.82) is 0 Å². The lowest BCUT2D eigenvalue weighted by Gasteiger charge is -2.09. The molecular weight excluding hydrogens is 435 g/mol. The van der Waals surface area contributed by atoms with Crippen LogP contribution in [0.5, 0.6) is 11.5 Å². The molecule has 0 unspecified atom stereocenters. The molecule has 162 valence electrons. The van der Waals surface area contributed by atoms with Gasteiger partial charge in [0.25, 0.3) is 5.91 Å². The van der Waals surface area contributed by atoms with Gasteiger partial charge < -0.3 is 14.5 Å². The van der Waals surface area contributed by atoms with Gasteiger partial charge in [0.15, 0.2) is 22.5 Å². The summed E-state index contributed by atoms with van der Waals surface area (Å²) in [7, 11) is 0. The van der Waals surface area contributed by atoms with E-state index < -0.39 is 11.7 Å². The quantitative estimate of drug-likeness (QED) is 0.416. The number of hydrogen-bond acceptors (Lipinski definition) is 7. The van der Waals surface area contributed by atoms with Gasteiger partial charge in [-0.05, 0) is 42.0 Å². The van der Waals surface area contributed by atoms with E-state index in [4.69, 9.17) is 9.15 Å². The maximum atomic E-state index is 14.3. The van der Waals surface area contributed by atoms with Crippen molar-refractivity contribution in [3.63, 3.8) is 0 Å². The largest absolute Gasteiger partial charge is 0.459 e. The lowest BCUT2D eigenvalue weighted by atomic mass is 10.2. The van der Waals surface area contributed by atoms with E-state index in [1.165, 1.54) is 42.0 Å². The molecule has 0 aliphatic carbocycles. The Hall–Kier alpha value is -4.05. The molecule has 0 spiro atoms. The Balaban J connectivity index is 1.27. The molecular formula is C22H17FN4O4S. The van der Waals surface area contributed by atoms with Crippen LogP contribution in [0.25, 0.3) is 0 Å². The molecule has 2 N–H and O–H groups in total. The lowest BCUT2D eigenvalue weighted by Crippen LogP contribution is -2.24. The molecule has 0 atom stereocenters. The Morgan fingerprint density at radius 1 is 1.19 bits per heavy atom. The van der Waals surface area contributed by atoms with E-state index in [9.17, 15) is 14.0 Å². The Kier molecular flexibility index (Phi) is 6.52. The predicted molar refractivity (Wildman–Crippen MR) is 115 cm³/mol. The number of aromatic nitrogens is 2. The van der Waals surface area contributed by atoms with Crippen LogP contribution in [0.1, 0.15) is 21.8 Å². The number of hydrogen-bond donors (Lipinski definition) is 2. The first-order valence-electron chi connectivity index (χ1n) is 9.49. The first kappa shape index (κ1) is 21.2. The maximum Gasteiger partial charge on any atom is 0.293 e. The van der Waals surface area contributed by atoms with Crippen molar-refractivity contribution in [2.45, 2.75) is 13.0 Å². The smallest absolute Gasteiger partial charge is 0.293 e. The third-order valence-corrected chi connectivity index (χ3v) is 5.01. The Morgan fingerprint density at radius 2 is 2.09 bits per heavy atom. The van der Waals surface area contributed by atoms with Crippen LogP contribution in [0.3, 0.4) is 0 Å². The number of nitrogens with one attached hydrogen (secondary N) is 2. The van der Waals surface area contributed by atoms with Crippen molar-refractivity contribution in [3.05, 3.63) is 89.3 Å². The summed E-state index contributed by atoms with van der Waals surface area (Å²) in [5, 5.41) is 7.38. The summed E-state index contributed by atoms with van der Waals surface area (Å²) in [4.78, 5) is 32.3. The molecule has 3 heterocycles. The van der Waals surface area contributed by atoms with E-state index in [1.807, 2.05) is 0 Å².